The van der Waals surface area contributed by atoms with Crippen molar-refractivity contribution in [2.24, 2.45) is 5.84 Å². The van der Waals surface area contributed by atoms with Crippen LogP contribution >= 0.6 is 11.9 Å². The number of carbonyl (C=O) groups is 1. The number of hydrogen-bond acceptors (Lipinski definition) is 5. The zero-order chi connectivity index (χ0) is 8.81. The van der Waals surface area contributed by atoms with Crippen LogP contribution in [0.4, 0.5) is 0 Å². The van der Waals surface area contributed by atoms with Crippen LogP contribution in [0.15, 0.2) is 29.2 Å². The van der Waals surface area contributed by atoms with Gasteiger partial charge in [0, 0.05) is 0 Å². The summed E-state index contributed by atoms with van der Waals surface area (Å²) in [6.07, 6.45) is 0. The fraction of sp³-hybridized carbons (Fsp3) is 0. The van der Waals surface area contributed by atoms with E-state index in [1.807, 2.05) is 6.07 Å². The average Bonchev–Trinajstić information content (AvgIpc) is 2.09. The highest BCUT2D eigenvalue weighted by molar-refractivity contribution is 7.97. The van der Waals surface area contributed by atoms with Gasteiger partial charge in [0.2, 0.25) is 0 Å². The summed E-state index contributed by atoms with van der Waals surface area (Å²) >= 11 is 1.19. The van der Waals surface area contributed by atoms with Crippen molar-refractivity contribution in [1.29, 1.82) is 0 Å². The van der Waals surface area contributed by atoms with E-state index in [1.54, 1.807) is 18.2 Å². The molecule has 12 heavy (non-hydrogen) atoms. The molecule has 0 bridgehead atoms. The van der Waals surface area contributed by atoms with Crippen molar-refractivity contribution in [2.45, 2.75) is 4.90 Å². The van der Waals surface area contributed by atoms with Crippen molar-refractivity contribution >= 4 is 18.4 Å². The molecule has 0 unspecified atom stereocenters. The van der Waals surface area contributed by atoms with Crippen molar-refractivity contribution in [2.75, 3.05) is 0 Å². The van der Waals surface area contributed by atoms with E-state index in [9.17, 15) is 4.79 Å². The molecule has 0 saturated carbocycles. The van der Waals surface area contributed by atoms with Crippen molar-refractivity contribution in [3.63, 3.8) is 0 Å². The summed E-state index contributed by atoms with van der Waals surface area (Å²) in [6.45, 7) is 0.385. The van der Waals surface area contributed by atoms with Gasteiger partial charge in [-0.3, -0.25) is 10.6 Å². The summed E-state index contributed by atoms with van der Waals surface area (Å²) in [5.41, 5.74) is 0. The Labute approximate surface area is 74.2 Å². The Kier molecular flexibility index (Phi) is 3.59. The maximum Gasteiger partial charge on any atom is 0.298 e. The van der Waals surface area contributed by atoms with Crippen LogP contribution in [0.2, 0.25) is 0 Å². The molecule has 0 aliphatic heterocycles. The zero-order valence-corrected chi connectivity index (χ0v) is 7.01. The Morgan fingerprint density at radius 3 is 2.92 bits per heavy atom. The largest absolute Gasteiger partial charge is 0.428 e. The SMILES string of the molecule is NNSc1ccccc1OC=O. The fourth-order valence-electron chi connectivity index (χ4n) is 0.747. The van der Waals surface area contributed by atoms with Crippen LogP contribution < -0.4 is 15.4 Å². The molecule has 0 heterocycles. The van der Waals surface area contributed by atoms with Gasteiger partial charge >= 0.3 is 0 Å². The molecule has 0 spiro atoms. The molecule has 1 aromatic carbocycles. The van der Waals surface area contributed by atoms with Gasteiger partial charge in [0.25, 0.3) is 6.47 Å². The maximum atomic E-state index is 10.0. The highest BCUT2D eigenvalue weighted by Gasteiger charge is 2.00. The molecule has 0 atom stereocenters. The molecule has 0 aromatic heterocycles. The Morgan fingerprint density at radius 2 is 2.25 bits per heavy atom. The minimum Gasteiger partial charge on any atom is -0.428 e. The number of benzene rings is 1. The molecule has 1 rings (SSSR count). The van der Waals surface area contributed by atoms with Gasteiger partial charge in [-0.15, -0.1) is 0 Å². The van der Waals surface area contributed by atoms with E-state index in [4.69, 9.17) is 10.6 Å². The quantitative estimate of drug-likeness (QED) is 0.312. The minimum absolute atomic E-state index is 0.385. The summed E-state index contributed by atoms with van der Waals surface area (Å²) in [5, 5.41) is 0. The third kappa shape index (κ3) is 2.23. The number of ether oxygens (including phenoxy) is 1. The van der Waals surface area contributed by atoms with E-state index >= 15 is 0 Å². The van der Waals surface area contributed by atoms with Gasteiger partial charge in [0.1, 0.15) is 5.75 Å². The van der Waals surface area contributed by atoms with Gasteiger partial charge in [-0.25, -0.2) is 0 Å². The predicted octanol–water partition coefficient (Wildman–Crippen LogP) is 0.692. The molecule has 0 aliphatic carbocycles. The van der Waals surface area contributed by atoms with Crippen LogP contribution in [0.1, 0.15) is 0 Å². The standard InChI is InChI=1S/C7H8N2O2S/c8-9-12-7-4-2-1-3-6(7)11-5-10/h1-5,9H,8H2. The third-order valence-corrected chi connectivity index (χ3v) is 1.87. The van der Waals surface area contributed by atoms with E-state index < -0.39 is 0 Å². The van der Waals surface area contributed by atoms with Gasteiger partial charge in [-0.2, -0.15) is 4.83 Å². The van der Waals surface area contributed by atoms with Gasteiger partial charge < -0.3 is 4.74 Å². The van der Waals surface area contributed by atoms with Crippen molar-refractivity contribution in [1.82, 2.24) is 4.83 Å². The molecule has 1 aromatic rings. The first-order valence-electron chi connectivity index (χ1n) is 3.20. The van der Waals surface area contributed by atoms with Gasteiger partial charge in [-0.05, 0) is 24.1 Å². The lowest BCUT2D eigenvalue weighted by Gasteiger charge is -2.03. The predicted molar refractivity (Wildman–Crippen MR) is 46.3 cm³/mol. The number of hydrazine groups is 1. The third-order valence-electron chi connectivity index (χ3n) is 1.19. The van der Waals surface area contributed by atoms with Crippen molar-refractivity contribution < 1.29 is 9.53 Å². The van der Waals surface area contributed by atoms with Crippen LogP contribution in [0, 0.1) is 0 Å². The molecule has 0 amide bonds. The second-order valence-corrected chi connectivity index (χ2v) is 2.76. The number of nitrogens with one attached hydrogen (secondary N) is 1. The van der Waals surface area contributed by atoms with Crippen LogP contribution in [-0.2, 0) is 4.79 Å². The molecule has 4 nitrogen and oxygen atoms in total. The summed E-state index contributed by atoms with van der Waals surface area (Å²) < 4.78 is 4.69. The van der Waals surface area contributed by atoms with Crippen molar-refractivity contribution in [3.8, 4) is 5.75 Å². The lowest BCUT2D eigenvalue weighted by atomic mass is 10.3. The molecule has 5 heteroatoms. The number of hydrogen-bond donors (Lipinski definition) is 2. The Bertz CT molecular complexity index is 267. The van der Waals surface area contributed by atoms with Crippen molar-refractivity contribution in [3.05, 3.63) is 24.3 Å². The normalized spacial score (nSPS) is 9.42. The van der Waals surface area contributed by atoms with Crippen LogP contribution in [0.3, 0.4) is 0 Å². The lowest BCUT2D eigenvalue weighted by molar-refractivity contribution is -0.120. The molecule has 0 aliphatic rings. The Hall–Kier alpha value is -1.04. The minimum atomic E-state index is 0.385. The number of rotatable bonds is 4. The monoisotopic (exact) mass is 184 g/mol. The first-order chi connectivity index (χ1) is 5.88. The first kappa shape index (κ1) is 9.05. The summed E-state index contributed by atoms with van der Waals surface area (Å²) in [7, 11) is 0. The zero-order valence-electron chi connectivity index (χ0n) is 6.19. The second kappa shape index (κ2) is 4.76. The molecular weight excluding hydrogens is 176 g/mol. The fourth-order valence-corrected chi connectivity index (χ4v) is 1.24. The lowest BCUT2D eigenvalue weighted by Crippen LogP contribution is -2.11. The second-order valence-electron chi connectivity index (χ2n) is 1.88. The smallest absolute Gasteiger partial charge is 0.298 e. The number of carbonyl (C=O) groups excluding carboxylic acids is 1. The highest BCUT2D eigenvalue weighted by Crippen LogP contribution is 2.25. The summed E-state index contributed by atoms with van der Waals surface area (Å²) in [6, 6.07) is 7.09. The summed E-state index contributed by atoms with van der Waals surface area (Å²) in [5.74, 6) is 5.59. The average molecular weight is 184 g/mol. The van der Waals surface area contributed by atoms with Gasteiger partial charge in [-0.1, -0.05) is 12.1 Å². The first-order valence-corrected chi connectivity index (χ1v) is 4.02. The van der Waals surface area contributed by atoms with Crippen LogP contribution in [-0.4, -0.2) is 6.47 Å². The van der Waals surface area contributed by atoms with Crippen LogP contribution in [0.25, 0.3) is 0 Å². The Balaban J connectivity index is 2.83. The molecule has 0 saturated heterocycles. The van der Waals surface area contributed by atoms with E-state index in [2.05, 4.69) is 4.83 Å². The van der Waals surface area contributed by atoms with E-state index in [1.165, 1.54) is 11.9 Å². The number of para-hydroxylation sites is 1. The van der Waals surface area contributed by atoms with E-state index in [0.29, 0.717) is 12.2 Å². The van der Waals surface area contributed by atoms with E-state index in [-0.39, 0.29) is 0 Å². The molecule has 64 valence electrons. The Morgan fingerprint density at radius 1 is 1.50 bits per heavy atom. The van der Waals surface area contributed by atoms with Gasteiger partial charge in [0.05, 0.1) is 4.90 Å². The maximum absolute atomic E-state index is 10.0. The van der Waals surface area contributed by atoms with Gasteiger partial charge in [0.15, 0.2) is 0 Å². The number of nitrogens with two attached hydrogens (primary N) is 1. The molecule has 0 radical (unpaired) electrons. The van der Waals surface area contributed by atoms with Crippen LogP contribution in [0.5, 0.6) is 5.75 Å². The molecule has 0 fully saturated rings. The highest BCUT2D eigenvalue weighted by atomic mass is 32.2. The van der Waals surface area contributed by atoms with E-state index in [0.717, 1.165) is 4.90 Å². The molecule has 3 N–H and O–H groups in total. The molecular formula is C7H8N2O2S. The topological polar surface area (TPSA) is 64.3 Å². The summed E-state index contributed by atoms with van der Waals surface area (Å²) in [4.78, 5) is 13.2.